The number of nitrogens with zero attached hydrogens (tertiary/aromatic N) is 2. The van der Waals surface area contributed by atoms with Gasteiger partial charge in [-0.1, -0.05) is 0 Å². The van der Waals surface area contributed by atoms with Crippen LogP contribution in [-0.4, -0.2) is 25.3 Å². The van der Waals surface area contributed by atoms with Crippen molar-refractivity contribution in [2.75, 3.05) is 18.6 Å². The third-order valence-electron chi connectivity index (χ3n) is 2.81. The minimum Gasteiger partial charge on any atom is -0.497 e. The molecule has 0 unspecified atom stereocenters. The van der Waals surface area contributed by atoms with Crippen LogP contribution in [0.3, 0.4) is 0 Å². The van der Waals surface area contributed by atoms with Gasteiger partial charge in [-0.3, -0.25) is 9.79 Å². The third-order valence-corrected chi connectivity index (χ3v) is 2.81. The number of hydrogen-bond donors (Lipinski definition) is 0. The van der Waals surface area contributed by atoms with Crippen LogP contribution in [0.5, 0.6) is 5.75 Å². The molecule has 0 bridgehead atoms. The summed E-state index contributed by atoms with van der Waals surface area (Å²) in [5, 5.41) is 0. The molecule has 0 N–H and O–H groups in total. The van der Waals surface area contributed by atoms with Crippen molar-refractivity contribution in [2.24, 2.45) is 4.99 Å². The van der Waals surface area contributed by atoms with Crippen molar-refractivity contribution in [2.45, 2.75) is 20.3 Å². The molecule has 1 aliphatic rings. The minimum absolute atomic E-state index is 0.0840. The summed E-state index contributed by atoms with van der Waals surface area (Å²) in [5.74, 6) is 0.825. The second-order valence-corrected chi connectivity index (χ2v) is 4.02. The number of anilines is 1. The van der Waals surface area contributed by atoms with Crippen LogP contribution in [0.2, 0.25) is 0 Å². The maximum absolute atomic E-state index is 12.0. The number of hydrogen-bond acceptors (Lipinski definition) is 3. The predicted molar refractivity (Wildman–Crippen MR) is 68.4 cm³/mol. The van der Waals surface area contributed by atoms with Crippen LogP contribution < -0.4 is 9.64 Å². The van der Waals surface area contributed by atoms with Gasteiger partial charge in [0.05, 0.1) is 24.9 Å². The van der Waals surface area contributed by atoms with Crippen molar-refractivity contribution in [3.05, 3.63) is 18.2 Å². The molecule has 1 amide bonds. The van der Waals surface area contributed by atoms with Crippen molar-refractivity contribution in [3.8, 4) is 5.75 Å². The Kier molecular flexibility index (Phi) is 3.13. The maximum Gasteiger partial charge on any atom is 0.232 e. The molecule has 4 nitrogen and oxygen atoms in total. The van der Waals surface area contributed by atoms with Gasteiger partial charge in [0.25, 0.3) is 0 Å². The Balaban J connectivity index is 2.56. The van der Waals surface area contributed by atoms with E-state index in [0.29, 0.717) is 13.0 Å². The summed E-state index contributed by atoms with van der Waals surface area (Å²) in [7, 11) is 1.62. The summed E-state index contributed by atoms with van der Waals surface area (Å²) in [4.78, 5) is 18.2. The molecule has 0 saturated heterocycles. The minimum atomic E-state index is 0.0840. The van der Waals surface area contributed by atoms with E-state index in [1.807, 2.05) is 32.0 Å². The maximum atomic E-state index is 12.0. The summed E-state index contributed by atoms with van der Waals surface area (Å²) < 4.78 is 5.19. The first kappa shape index (κ1) is 11.6. The highest BCUT2D eigenvalue weighted by molar-refractivity contribution is 6.11. The standard InChI is InChI=1S/C13H16N2O2/c1-4-15-12-8-10(17-3)5-6-11(12)14-9(2)7-13(15)16/h5-6,8H,4,7H2,1-3H3. The lowest BCUT2D eigenvalue weighted by atomic mass is 10.2. The van der Waals surface area contributed by atoms with Crippen molar-refractivity contribution in [3.63, 3.8) is 0 Å². The number of carbonyl (C=O) groups excluding carboxylic acids is 1. The van der Waals surface area contributed by atoms with Crippen molar-refractivity contribution in [1.82, 2.24) is 0 Å². The van der Waals surface area contributed by atoms with Gasteiger partial charge in [0.15, 0.2) is 0 Å². The van der Waals surface area contributed by atoms with E-state index >= 15 is 0 Å². The monoisotopic (exact) mass is 232 g/mol. The summed E-state index contributed by atoms with van der Waals surface area (Å²) >= 11 is 0. The van der Waals surface area contributed by atoms with Gasteiger partial charge >= 0.3 is 0 Å². The predicted octanol–water partition coefficient (Wildman–Crippen LogP) is 2.54. The average Bonchev–Trinajstić information content (AvgIpc) is 2.42. The zero-order valence-corrected chi connectivity index (χ0v) is 10.4. The molecule has 1 aromatic carbocycles. The first-order valence-electron chi connectivity index (χ1n) is 5.68. The van der Waals surface area contributed by atoms with E-state index < -0.39 is 0 Å². The van der Waals surface area contributed by atoms with Gasteiger partial charge in [0.1, 0.15) is 5.75 Å². The Hall–Kier alpha value is -1.84. The van der Waals surface area contributed by atoms with E-state index in [9.17, 15) is 4.79 Å². The van der Waals surface area contributed by atoms with E-state index in [1.54, 1.807) is 12.0 Å². The number of methoxy groups -OCH3 is 1. The largest absolute Gasteiger partial charge is 0.497 e. The number of amides is 1. The van der Waals surface area contributed by atoms with Crippen molar-refractivity contribution < 1.29 is 9.53 Å². The smallest absolute Gasteiger partial charge is 0.232 e. The number of benzene rings is 1. The van der Waals surface area contributed by atoms with E-state index in [2.05, 4.69) is 4.99 Å². The molecule has 0 aromatic heterocycles. The Bertz CT molecular complexity index is 480. The van der Waals surface area contributed by atoms with Gasteiger partial charge in [-0.2, -0.15) is 0 Å². The van der Waals surface area contributed by atoms with Crippen LogP contribution in [-0.2, 0) is 4.79 Å². The number of aliphatic imine (C=N–C) groups is 1. The Morgan fingerprint density at radius 1 is 1.47 bits per heavy atom. The first-order valence-corrected chi connectivity index (χ1v) is 5.68. The molecule has 90 valence electrons. The fourth-order valence-electron chi connectivity index (χ4n) is 1.98. The molecule has 0 fully saturated rings. The van der Waals surface area contributed by atoms with Gasteiger partial charge in [0, 0.05) is 18.3 Å². The lowest BCUT2D eigenvalue weighted by Crippen LogP contribution is -2.30. The quantitative estimate of drug-likeness (QED) is 0.786. The van der Waals surface area contributed by atoms with E-state index in [0.717, 1.165) is 22.8 Å². The average molecular weight is 232 g/mol. The molecule has 17 heavy (non-hydrogen) atoms. The zero-order valence-electron chi connectivity index (χ0n) is 10.4. The molecule has 1 heterocycles. The van der Waals surface area contributed by atoms with Crippen LogP contribution in [0.4, 0.5) is 11.4 Å². The number of carbonyl (C=O) groups is 1. The second kappa shape index (κ2) is 4.57. The highest BCUT2D eigenvalue weighted by Gasteiger charge is 2.21. The Labute approximate surface area is 101 Å². The molecule has 0 aliphatic carbocycles. The van der Waals surface area contributed by atoms with Gasteiger partial charge in [-0.05, 0) is 26.0 Å². The lowest BCUT2D eigenvalue weighted by molar-refractivity contribution is -0.117. The van der Waals surface area contributed by atoms with Crippen LogP contribution in [0, 0.1) is 0 Å². The van der Waals surface area contributed by atoms with Gasteiger partial charge < -0.3 is 9.64 Å². The molecule has 0 spiro atoms. The first-order chi connectivity index (χ1) is 8.15. The van der Waals surface area contributed by atoms with E-state index in [4.69, 9.17) is 4.74 Å². The molecule has 1 aromatic rings. The molecular weight excluding hydrogens is 216 g/mol. The zero-order chi connectivity index (χ0) is 12.4. The molecule has 0 radical (unpaired) electrons. The molecular formula is C13H16N2O2. The van der Waals surface area contributed by atoms with E-state index in [1.165, 1.54) is 0 Å². The van der Waals surface area contributed by atoms with Gasteiger partial charge in [0.2, 0.25) is 5.91 Å². The van der Waals surface area contributed by atoms with Crippen molar-refractivity contribution >= 4 is 23.0 Å². The molecule has 0 saturated carbocycles. The number of rotatable bonds is 2. The number of fused-ring (bicyclic) bond motifs is 1. The fraction of sp³-hybridized carbons (Fsp3) is 0.385. The normalized spacial score (nSPS) is 15.1. The Morgan fingerprint density at radius 2 is 2.24 bits per heavy atom. The topological polar surface area (TPSA) is 41.9 Å². The lowest BCUT2D eigenvalue weighted by Gasteiger charge is -2.20. The Morgan fingerprint density at radius 3 is 2.88 bits per heavy atom. The van der Waals surface area contributed by atoms with Crippen LogP contribution >= 0.6 is 0 Å². The molecule has 0 atom stereocenters. The fourth-order valence-corrected chi connectivity index (χ4v) is 1.98. The summed E-state index contributed by atoms with van der Waals surface area (Å²) in [6.45, 7) is 4.48. The highest BCUT2D eigenvalue weighted by atomic mass is 16.5. The summed E-state index contributed by atoms with van der Waals surface area (Å²) in [6, 6.07) is 5.61. The molecule has 2 rings (SSSR count). The number of ether oxygens (including phenoxy) is 1. The summed E-state index contributed by atoms with van der Waals surface area (Å²) in [5.41, 5.74) is 2.50. The SMILES string of the molecule is CCN1C(=O)CC(C)=Nc2ccc(OC)cc21. The van der Waals surface area contributed by atoms with Crippen LogP contribution in [0.15, 0.2) is 23.2 Å². The van der Waals surface area contributed by atoms with Crippen molar-refractivity contribution in [1.29, 1.82) is 0 Å². The van der Waals surface area contributed by atoms with Gasteiger partial charge in [-0.25, -0.2) is 0 Å². The van der Waals surface area contributed by atoms with Crippen LogP contribution in [0.1, 0.15) is 20.3 Å². The van der Waals surface area contributed by atoms with E-state index in [-0.39, 0.29) is 5.91 Å². The van der Waals surface area contributed by atoms with Crippen LogP contribution in [0.25, 0.3) is 0 Å². The molecule has 4 heteroatoms. The second-order valence-electron chi connectivity index (χ2n) is 4.02. The highest BCUT2D eigenvalue weighted by Crippen LogP contribution is 2.35. The van der Waals surface area contributed by atoms with Gasteiger partial charge in [-0.15, -0.1) is 0 Å². The molecule has 1 aliphatic heterocycles. The summed E-state index contributed by atoms with van der Waals surface area (Å²) in [6.07, 6.45) is 0.380. The third kappa shape index (κ3) is 2.16.